The number of nitrogens with two attached hydrogens (primary N) is 1. The zero-order valence-electron chi connectivity index (χ0n) is 15.2. The molecule has 8 heteroatoms. The molecule has 1 aromatic heterocycles. The van der Waals surface area contributed by atoms with E-state index >= 15 is 0 Å². The monoisotopic (exact) mass is 380 g/mol. The lowest BCUT2D eigenvalue weighted by Gasteiger charge is -2.08. The van der Waals surface area contributed by atoms with Gasteiger partial charge in [-0.25, -0.2) is 19.2 Å². The molecule has 5 N–H and O–H groups in total. The van der Waals surface area contributed by atoms with Crippen LogP contribution < -0.4 is 21.7 Å². The highest BCUT2D eigenvalue weighted by molar-refractivity contribution is 5.99. The maximum absolute atomic E-state index is 12.9. The molecule has 0 aliphatic carbocycles. The van der Waals surface area contributed by atoms with E-state index in [1.807, 2.05) is 24.3 Å². The third-order valence-corrected chi connectivity index (χ3v) is 3.96. The van der Waals surface area contributed by atoms with E-state index in [1.165, 1.54) is 24.5 Å². The minimum Gasteiger partial charge on any atom is -0.382 e. The van der Waals surface area contributed by atoms with Gasteiger partial charge in [-0.05, 0) is 48.4 Å². The van der Waals surface area contributed by atoms with Crippen LogP contribution in [0.4, 0.5) is 26.5 Å². The number of hydrogen-bond donors (Lipinski definition) is 4. The largest absolute Gasteiger partial charge is 0.382 e. The second-order valence-corrected chi connectivity index (χ2v) is 6.16. The fourth-order valence-corrected chi connectivity index (χ4v) is 2.50. The molecule has 0 aliphatic rings. The molecule has 3 rings (SSSR count). The van der Waals surface area contributed by atoms with Crippen molar-refractivity contribution in [3.8, 4) is 0 Å². The number of nitrogen functional groups attached to an aromatic ring is 1. The lowest BCUT2D eigenvalue weighted by molar-refractivity contribution is 0.262. The first-order chi connectivity index (χ1) is 13.6. The SMILES string of the molecule is Nc1cnc(NC(=O)Nc2ccc(CCNCc3ccc(F)cc3)cc2)cn1. The number of nitrogens with zero attached hydrogens (tertiary/aromatic N) is 2. The van der Waals surface area contributed by atoms with Gasteiger partial charge in [0.2, 0.25) is 0 Å². The highest BCUT2D eigenvalue weighted by atomic mass is 19.1. The second-order valence-electron chi connectivity index (χ2n) is 6.16. The van der Waals surface area contributed by atoms with E-state index in [1.54, 1.807) is 12.1 Å². The van der Waals surface area contributed by atoms with Crippen molar-refractivity contribution < 1.29 is 9.18 Å². The molecule has 0 radical (unpaired) electrons. The number of nitrogens with one attached hydrogen (secondary N) is 3. The predicted octanol–water partition coefficient (Wildman–Crippen LogP) is 3.17. The Hall–Kier alpha value is -3.52. The van der Waals surface area contributed by atoms with Crippen LogP contribution in [0, 0.1) is 5.82 Å². The summed E-state index contributed by atoms with van der Waals surface area (Å²) in [6.07, 6.45) is 3.60. The third kappa shape index (κ3) is 6.03. The summed E-state index contributed by atoms with van der Waals surface area (Å²) >= 11 is 0. The molecule has 0 spiro atoms. The van der Waals surface area contributed by atoms with Crippen molar-refractivity contribution in [2.45, 2.75) is 13.0 Å². The van der Waals surface area contributed by atoms with Crippen molar-refractivity contribution in [3.63, 3.8) is 0 Å². The number of anilines is 3. The predicted molar refractivity (Wildman–Crippen MR) is 107 cm³/mol. The Morgan fingerprint density at radius 1 is 0.929 bits per heavy atom. The van der Waals surface area contributed by atoms with Gasteiger partial charge < -0.3 is 16.4 Å². The molecule has 0 atom stereocenters. The van der Waals surface area contributed by atoms with Crippen LogP contribution in [-0.4, -0.2) is 22.5 Å². The summed E-state index contributed by atoms with van der Waals surface area (Å²) in [6.45, 7) is 1.48. The molecule has 3 aromatic rings. The van der Waals surface area contributed by atoms with Crippen LogP contribution in [0.25, 0.3) is 0 Å². The molecule has 28 heavy (non-hydrogen) atoms. The molecule has 0 unspecified atom stereocenters. The molecule has 0 aliphatic heterocycles. The normalized spacial score (nSPS) is 10.5. The van der Waals surface area contributed by atoms with Crippen LogP contribution in [0.2, 0.25) is 0 Å². The topological polar surface area (TPSA) is 105 Å². The summed E-state index contributed by atoms with van der Waals surface area (Å²) < 4.78 is 12.9. The molecule has 1 heterocycles. The Kier molecular flexibility index (Phi) is 6.48. The number of amides is 2. The second kappa shape index (κ2) is 9.43. The Morgan fingerprint density at radius 3 is 2.32 bits per heavy atom. The van der Waals surface area contributed by atoms with Gasteiger partial charge in [-0.2, -0.15) is 0 Å². The zero-order valence-corrected chi connectivity index (χ0v) is 15.2. The highest BCUT2D eigenvalue weighted by Gasteiger charge is 2.04. The lowest BCUT2D eigenvalue weighted by atomic mass is 10.1. The first kappa shape index (κ1) is 19.2. The average molecular weight is 380 g/mol. The molecular weight excluding hydrogens is 359 g/mol. The van der Waals surface area contributed by atoms with Gasteiger partial charge in [0.1, 0.15) is 11.6 Å². The van der Waals surface area contributed by atoms with Gasteiger partial charge in [-0.1, -0.05) is 24.3 Å². The van der Waals surface area contributed by atoms with Crippen LogP contribution in [0.3, 0.4) is 0 Å². The van der Waals surface area contributed by atoms with Crippen LogP contribution in [0.1, 0.15) is 11.1 Å². The summed E-state index contributed by atoms with van der Waals surface area (Å²) in [5.41, 5.74) is 8.30. The lowest BCUT2D eigenvalue weighted by Crippen LogP contribution is -2.20. The van der Waals surface area contributed by atoms with Crippen molar-refractivity contribution in [3.05, 3.63) is 77.9 Å². The van der Waals surface area contributed by atoms with Crippen LogP contribution >= 0.6 is 0 Å². The van der Waals surface area contributed by atoms with E-state index < -0.39 is 6.03 Å². The highest BCUT2D eigenvalue weighted by Crippen LogP contribution is 2.11. The summed E-state index contributed by atoms with van der Waals surface area (Å²) in [5.74, 6) is 0.372. The van der Waals surface area contributed by atoms with E-state index in [0.29, 0.717) is 18.1 Å². The van der Waals surface area contributed by atoms with E-state index in [-0.39, 0.29) is 11.6 Å². The van der Waals surface area contributed by atoms with Crippen molar-refractivity contribution in [2.75, 3.05) is 22.9 Å². The maximum Gasteiger partial charge on any atom is 0.324 e. The smallest absolute Gasteiger partial charge is 0.324 e. The number of carbonyl (C=O) groups excluding carboxylic acids is 1. The molecule has 0 fully saturated rings. The van der Waals surface area contributed by atoms with E-state index in [2.05, 4.69) is 25.9 Å². The number of halogens is 1. The molecule has 7 nitrogen and oxygen atoms in total. The average Bonchev–Trinajstić information content (AvgIpc) is 2.70. The van der Waals surface area contributed by atoms with Gasteiger partial charge in [0.25, 0.3) is 0 Å². The number of urea groups is 1. The summed E-state index contributed by atoms with van der Waals surface area (Å²) in [6, 6.07) is 13.6. The zero-order chi connectivity index (χ0) is 19.8. The van der Waals surface area contributed by atoms with Gasteiger partial charge in [0, 0.05) is 12.2 Å². The number of rotatable bonds is 7. The van der Waals surface area contributed by atoms with Crippen LogP contribution in [-0.2, 0) is 13.0 Å². The third-order valence-electron chi connectivity index (χ3n) is 3.96. The first-order valence-corrected chi connectivity index (χ1v) is 8.78. The number of benzene rings is 2. The van der Waals surface area contributed by atoms with Crippen LogP contribution in [0.5, 0.6) is 0 Å². The molecule has 0 bridgehead atoms. The minimum atomic E-state index is -0.409. The van der Waals surface area contributed by atoms with Gasteiger partial charge in [0.15, 0.2) is 5.82 Å². The van der Waals surface area contributed by atoms with Gasteiger partial charge in [-0.3, -0.25) is 5.32 Å². The molecule has 0 saturated carbocycles. The summed E-state index contributed by atoms with van der Waals surface area (Å²) in [7, 11) is 0. The van der Waals surface area contributed by atoms with Crippen LogP contribution in [0.15, 0.2) is 60.9 Å². The van der Waals surface area contributed by atoms with Gasteiger partial charge in [0.05, 0.1) is 12.4 Å². The van der Waals surface area contributed by atoms with E-state index in [9.17, 15) is 9.18 Å². The fourth-order valence-electron chi connectivity index (χ4n) is 2.50. The number of aromatic nitrogens is 2. The fraction of sp³-hybridized carbons (Fsp3) is 0.150. The molecule has 0 saturated heterocycles. The van der Waals surface area contributed by atoms with Gasteiger partial charge in [-0.15, -0.1) is 0 Å². The Bertz CT molecular complexity index is 897. The van der Waals surface area contributed by atoms with E-state index in [0.717, 1.165) is 24.1 Å². The number of carbonyl (C=O) groups is 1. The molecule has 2 aromatic carbocycles. The summed E-state index contributed by atoms with van der Waals surface area (Å²) in [5, 5.41) is 8.63. The quantitative estimate of drug-likeness (QED) is 0.471. The Morgan fingerprint density at radius 2 is 1.64 bits per heavy atom. The number of hydrogen-bond acceptors (Lipinski definition) is 5. The van der Waals surface area contributed by atoms with Crippen molar-refractivity contribution >= 4 is 23.4 Å². The van der Waals surface area contributed by atoms with Crippen molar-refractivity contribution in [1.82, 2.24) is 15.3 Å². The van der Waals surface area contributed by atoms with Gasteiger partial charge >= 0.3 is 6.03 Å². The minimum absolute atomic E-state index is 0.229. The first-order valence-electron chi connectivity index (χ1n) is 8.78. The Balaban J connectivity index is 1.40. The molecule has 144 valence electrons. The summed E-state index contributed by atoms with van der Waals surface area (Å²) in [4.78, 5) is 19.8. The standard InChI is InChI=1S/C20H21FN6O/c21-16-5-1-15(2-6-16)11-23-10-9-14-3-7-17(8-4-14)26-20(28)27-19-13-24-18(22)12-25-19/h1-8,12-13,23H,9-11H2,(H2,22,24)(H2,25,26,27,28). The maximum atomic E-state index is 12.9. The van der Waals surface area contributed by atoms with Crippen molar-refractivity contribution in [1.29, 1.82) is 0 Å². The van der Waals surface area contributed by atoms with E-state index in [4.69, 9.17) is 5.73 Å². The van der Waals surface area contributed by atoms with Crippen molar-refractivity contribution in [2.24, 2.45) is 0 Å². The molecular formula is C20H21FN6O. The Labute approximate surface area is 162 Å². The molecule has 2 amide bonds.